The van der Waals surface area contributed by atoms with Gasteiger partial charge >= 0.3 is 23.9 Å². The summed E-state index contributed by atoms with van der Waals surface area (Å²) in [6.07, 6.45) is -8.28. The van der Waals surface area contributed by atoms with Gasteiger partial charge in [-0.05, 0) is 23.6 Å². The average Bonchev–Trinajstić information content (AvgIpc) is 3.02. The Morgan fingerprint density at radius 1 is 0.587 bits per heavy atom. The minimum atomic E-state index is -1.81. The average molecular weight is 637 g/mol. The largest absolute Gasteiger partial charge is 0.456 e. The van der Waals surface area contributed by atoms with E-state index in [2.05, 4.69) is 0 Å². The van der Waals surface area contributed by atoms with Gasteiger partial charge < -0.3 is 33.5 Å². The Labute approximate surface area is 268 Å². The molecule has 5 atom stereocenters. The second-order valence-corrected chi connectivity index (χ2v) is 10.3. The summed E-state index contributed by atoms with van der Waals surface area (Å²) in [5.74, 6) is -3.32. The van der Waals surface area contributed by atoms with Gasteiger partial charge in [0, 0.05) is 34.3 Å². The first-order chi connectivity index (χ1) is 22.0. The predicted molar refractivity (Wildman–Crippen MR) is 165 cm³/mol. The zero-order valence-electron chi connectivity index (χ0n) is 26.5. The van der Waals surface area contributed by atoms with Gasteiger partial charge in [-0.1, -0.05) is 91.0 Å². The van der Waals surface area contributed by atoms with Crippen molar-refractivity contribution in [3.05, 3.63) is 108 Å². The maximum absolute atomic E-state index is 12.5. The van der Waals surface area contributed by atoms with Crippen LogP contribution >= 0.6 is 0 Å². The van der Waals surface area contributed by atoms with Gasteiger partial charge in [0.05, 0.1) is 6.61 Å². The molecule has 3 aromatic carbocycles. The Morgan fingerprint density at radius 2 is 0.957 bits per heavy atom. The van der Waals surface area contributed by atoms with Crippen LogP contribution in [0.4, 0.5) is 0 Å². The van der Waals surface area contributed by atoms with E-state index in [9.17, 15) is 24.3 Å². The van der Waals surface area contributed by atoms with E-state index in [4.69, 9.17) is 28.4 Å². The molecule has 0 aromatic heterocycles. The third-order valence-corrected chi connectivity index (χ3v) is 6.86. The molecule has 3 rings (SSSR count). The fourth-order valence-corrected chi connectivity index (χ4v) is 5.19. The van der Waals surface area contributed by atoms with Gasteiger partial charge in [0.15, 0.2) is 30.7 Å². The molecule has 0 spiro atoms. The fraction of sp³-hybridized carbons (Fsp3) is 0.371. The molecule has 11 heteroatoms. The maximum atomic E-state index is 12.5. The van der Waals surface area contributed by atoms with Crippen molar-refractivity contribution in [3.8, 4) is 0 Å². The molecule has 0 aliphatic rings. The number of carbonyl (C=O) groups excluding carboxylic acids is 4. The standard InChI is InChI=1S/C35H40O11/c1-6-41-34(40)33(46-26(5)39)32(45-25(4)38)31(44-24(3)37)30(43-23(2)36)22-42-35(27-16-10-7-11-17-27,28-18-12-8-13-19-28)29-20-14-9-15-21-29/h7-21,30-34,40H,6,22H2,1-5H3/t30-,31-,32-,33+,34-/m1/s1. The van der Waals surface area contributed by atoms with Crippen LogP contribution in [0, 0.1) is 0 Å². The summed E-state index contributed by atoms with van der Waals surface area (Å²) in [4.78, 5) is 49.5. The van der Waals surface area contributed by atoms with Crippen molar-refractivity contribution in [3.63, 3.8) is 0 Å². The van der Waals surface area contributed by atoms with E-state index in [1.54, 1.807) is 6.92 Å². The fourth-order valence-electron chi connectivity index (χ4n) is 5.19. The Kier molecular flexibility index (Phi) is 13.4. The number of rotatable bonds is 16. The van der Waals surface area contributed by atoms with Crippen molar-refractivity contribution in [1.29, 1.82) is 0 Å². The Bertz CT molecular complexity index is 1320. The quantitative estimate of drug-likeness (QED) is 0.105. The first-order valence-corrected chi connectivity index (χ1v) is 14.8. The molecule has 1 N–H and O–H groups in total. The Balaban J connectivity index is 2.22. The summed E-state index contributed by atoms with van der Waals surface area (Å²) in [5, 5.41) is 10.8. The molecular weight excluding hydrogens is 596 g/mol. The lowest BCUT2D eigenvalue weighted by Crippen LogP contribution is -2.56. The minimum Gasteiger partial charge on any atom is -0.456 e. The first kappa shape index (κ1) is 35.9. The van der Waals surface area contributed by atoms with Crippen molar-refractivity contribution in [2.75, 3.05) is 13.2 Å². The molecule has 0 amide bonds. The number of ether oxygens (including phenoxy) is 6. The highest BCUT2D eigenvalue weighted by atomic mass is 16.7. The van der Waals surface area contributed by atoms with Crippen LogP contribution in [0.2, 0.25) is 0 Å². The van der Waals surface area contributed by atoms with E-state index in [1.807, 2.05) is 91.0 Å². The molecular formula is C35H40O11. The zero-order chi connectivity index (χ0) is 33.7. The van der Waals surface area contributed by atoms with Crippen LogP contribution in [0.15, 0.2) is 91.0 Å². The summed E-state index contributed by atoms with van der Waals surface area (Å²) in [6, 6.07) is 28.1. The molecule has 0 heterocycles. The van der Waals surface area contributed by atoms with E-state index >= 15 is 0 Å². The summed E-state index contributed by atoms with van der Waals surface area (Å²) >= 11 is 0. The van der Waals surface area contributed by atoms with Crippen LogP contribution in [0.1, 0.15) is 51.3 Å². The number of aliphatic hydroxyl groups excluding tert-OH is 1. The highest BCUT2D eigenvalue weighted by Gasteiger charge is 2.48. The molecule has 0 radical (unpaired) electrons. The van der Waals surface area contributed by atoms with Crippen molar-refractivity contribution in [2.45, 2.75) is 70.9 Å². The third kappa shape index (κ3) is 9.46. The van der Waals surface area contributed by atoms with Gasteiger partial charge in [-0.15, -0.1) is 0 Å². The molecule has 0 saturated carbocycles. The van der Waals surface area contributed by atoms with Gasteiger partial charge in [0.25, 0.3) is 0 Å². The van der Waals surface area contributed by atoms with Crippen LogP contribution in [-0.4, -0.2) is 72.9 Å². The Morgan fingerprint density at radius 3 is 1.33 bits per heavy atom. The topological polar surface area (TPSA) is 144 Å². The number of hydrogen-bond donors (Lipinski definition) is 1. The smallest absolute Gasteiger partial charge is 0.303 e. The normalized spacial score (nSPS) is 14.6. The lowest BCUT2D eigenvalue weighted by molar-refractivity contribution is -0.239. The lowest BCUT2D eigenvalue weighted by atomic mass is 9.80. The van der Waals surface area contributed by atoms with Crippen LogP contribution in [0.5, 0.6) is 0 Å². The van der Waals surface area contributed by atoms with Crippen molar-refractivity contribution >= 4 is 23.9 Å². The molecule has 0 bridgehead atoms. The lowest BCUT2D eigenvalue weighted by Gasteiger charge is -2.40. The Hall–Kier alpha value is -4.58. The van der Waals surface area contributed by atoms with E-state index in [0.29, 0.717) is 0 Å². The van der Waals surface area contributed by atoms with Crippen molar-refractivity contribution in [1.82, 2.24) is 0 Å². The zero-order valence-corrected chi connectivity index (χ0v) is 26.5. The third-order valence-electron chi connectivity index (χ3n) is 6.86. The van der Waals surface area contributed by atoms with E-state index in [1.165, 1.54) is 0 Å². The van der Waals surface area contributed by atoms with E-state index < -0.39 is 66.8 Å². The van der Waals surface area contributed by atoms with Crippen LogP contribution < -0.4 is 0 Å². The molecule has 3 aromatic rings. The second-order valence-electron chi connectivity index (χ2n) is 10.3. The number of esters is 4. The van der Waals surface area contributed by atoms with Gasteiger partial charge in [0.1, 0.15) is 5.60 Å². The van der Waals surface area contributed by atoms with Crippen molar-refractivity contribution < 1.29 is 52.7 Å². The number of aliphatic hydroxyl groups is 1. The molecule has 0 unspecified atom stereocenters. The summed E-state index contributed by atoms with van der Waals surface area (Å²) in [5.41, 5.74) is 0.928. The number of hydrogen-bond acceptors (Lipinski definition) is 11. The molecule has 46 heavy (non-hydrogen) atoms. The molecule has 246 valence electrons. The molecule has 11 nitrogen and oxygen atoms in total. The van der Waals surface area contributed by atoms with Gasteiger partial charge in [-0.3, -0.25) is 19.2 Å². The maximum Gasteiger partial charge on any atom is 0.303 e. The second kappa shape index (κ2) is 17.2. The summed E-state index contributed by atoms with van der Waals surface area (Å²) in [6.45, 7) is 5.57. The first-order valence-electron chi connectivity index (χ1n) is 14.8. The van der Waals surface area contributed by atoms with E-state index in [-0.39, 0.29) is 6.61 Å². The highest BCUT2D eigenvalue weighted by molar-refractivity contribution is 5.69. The predicted octanol–water partition coefficient (Wildman–Crippen LogP) is 4.08. The van der Waals surface area contributed by atoms with E-state index in [0.717, 1.165) is 44.4 Å². The van der Waals surface area contributed by atoms with Crippen LogP contribution in [0.25, 0.3) is 0 Å². The molecule has 0 aliphatic carbocycles. The van der Waals surface area contributed by atoms with Crippen molar-refractivity contribution in [2.24, 2.45) is 0 Å². The summed E-state index contributed by atoms with van der Waals surface area (Å²) in [7, 11) is 0. The molecule has 0 saturated heterocycles. The van der Waals surface area contributed by atoms with Crippen LogP contribution in [0.3, 0.4) is 0 Å². The number of benzene rings is 3. The highest BCUT2D eigenvalue weighted by Crippen LogP contribution is 2.41. The summed E-state index contributed by atoms with van der Waals surface area (Å²) < 4.78 is 34.2. The van der Waals surface area contributed by atoms with Gasteiger partial charge in [-0.2, -0.15) is 0 Å². The molecule has 0 aliphatic heterocycles. The van der Waals surface area contributed by atoms with Crippen LogP contribution in [-0.2, 0) is 53.2 Å². The minimum absolute atomic E-state index is 0.00577. The number of carbonyl (C=O) groups is 4. The van der Waals surface area contributed by atoms with Gasteiger partial charge in [0.2, 0.25) is 0 Å². The molecule has 0 fully saturated rings. The SMILES string of the molecule is CCO[C@@H](O)[C@@H](OC(C)=O)[C@H](OC(C)=O)[C@H](OC(C)=O)[C@@H](COC(c1ccccc1)(c1ccccc1)c1ccccc1)OC(C)=O. The van der Waals surface area contributed by atoms with Gasteiger partial charge in [-0.25, -0.2) is 0 Å². The monoisotopic (exact) mass is 636 g/mol.